The Kier molecular flexibility index (Phi) is 6.74. The number of hydrogen-bond donors (Lipinski definition) is 1. The summed E-state index contributed by atoms with van der Waals surface area (Å²) in [5, 5.41) is 2.33. The van der Waals surface area contributed by atoms with Crippen molar-refractivity contribution in [1.29, 1.82) is 0 Å². The number of imide groups is 2. The van der Waals surface area contributed by atoms with Crippen LogP contribution in [0.15, 0.2) is 52.5 Å². The van der Waals surface area contributed by atoms with E-state index in [1.165, 1.54) is 11.0 Å². The van der Waals surface area contributed by atoms with Crippen molar-refractivity contribution in [2.75, 3.05) is 0 Å². The molecule has 4 rings (SSSR count). The Bertz CT molecular complexity index is 1090. The monoisotopic (exact) mass is 496 g/mol. The number of hydrogen-bond acceptors (Lipinski definition) is 4. The fourth-order valence-electron chi connectivity index (χ4n) is 4.22. The SMILES string of the molecule is Cc1cccc(COc2ccc(Br)cc2C=C2C(=O)NC(=O)N(C3CCCCC3)C2=O)c1. The summed E-state index contributed by atoms with van der Waals surface area (Å²) in [5.41, 5.74) is 2.69. The van der Waals surface area contributed by atoms with E-state index in [0.717, 1.165) is 47.7 Å². The van der Waals surface area contributed by atoms with Crippen molar-refractivity contribution < 1.29 is 19.1 Å². The molecule has 0 spiro atoms. The lowest BCUT2D eigenvalue weighted by Crippen LogP contribution is -2.58. The molecule has 7 heteroatoms. The zero-order chi connectivity index (χ0) is 22.7. The minimum absolute atomic E-state index is 0.0614. The zero-order valence-electron chi connectivity index (χ0n) is 17.9. The third-order valence-electron chi connectivity index (χ3n) is 5.82. The highest BCUT2D eigenvalue weighted by molar-refractivity contribution is 9.10. The molecule has 166 valence electrons. The van der Waals surface area contributed by atoms with Crippen LogP contribution in [0.2, 0.25) is 0 Å². The number of barbiturate groups is 1. The van der Waals surface area contributed by atoms with E-state index in [1.54, 1.807) is 12.1 Å². The second-order valence-electron chi connectivity index (χ2n) is 8.24. The number of nitrogens with one attached hydrogen (secondary N) is 1. The van der Waals surface area contributed by atoms with Crippen molar-refractivity contribution in [3.63, 3.8) is 0 Å². The van der Waals surface area contributed by atoms with E-state index < -0.39 is 17.8 Å². The van der Waals surface area contributed by atoms with E-state index in [9.17, 15) is 14.4 Å². The number of ether oxygens (including phenoxy) is 1. The van der Waals surface area contributed by atoms with E-state index in [-0.39, 0.29) is 11.6 Å². The Balaban J connectivity index is 1.62. The number of urea groups is 1. The summed E-state index contributed by atoms with van der Waals surface area (Å²) in [6, 6.07) is 12.6. The van der Waals surface area contributed by atoms with Gasteiger partial charge in [0, 0.05) is 16.1 Å². The van der Waals surface area contributed by atoms with Gasteiger partial charge in [-0.25, -0.2) is 4.79 Å². The van der Waals surface area contributed by atoms with Gasteiger partial charge >= 0.3 is 6.03 Å². The minimum atomic E-state index is -0.684. The molecule has 0 atom stereocenters. The second-order valence-corrected chi connectivity index (χ2v) is 9.16. The minimum Gasteiger partial charge on any atom is -0.488 e. The van der Waals surface area contributed by atoms with Crippen molar-refractivity contribution in [1.82, 2.24) is 10.2 Å². The van der Waals surface area contributed by atoms with Crippen molar-refractivity contribution in [2.45, 2.75) is 51.7 Å². The maximum absolute atomic E-state index is 13.2. The van der Waals surface area contributed by atoms with Crippen molar-refractivity contribution in [2.24, 2.45) is 0 Å². The Morgan fingerprint density at radius 1 is 1.09 bits per heavy atom. The van der Waals surface area contributed by atoms with Crippen molar-refractivity contribution in [3.8, 4) is 5.75 Å². The van der Waals surface area contributed by atoms with Gasteiger partial charge in [-0.05, 0) is 49.6 Å². The van der Waals surface area contributed by atoms with E-state index in [4.69, 9.17) is 4.74 Å². The first-order valence-corrected chi connectivity index (χ1v) is 11.6. The fourth-order valence-corrected chi connectivity index (χ4v) is 4.60. The Hall–Kier alpha value is -2.93. The lowest BCUT2D eigenvalue weighted by atomic mass is 9.93. The second kappa shape index (κ2) is 9.69. The normalized spacial score (nSPS) is 18.8. The van der Waals surface area contributed by atoms with Crippen LogP contribution in [0.25, 0.3) is 6.08 Å². The number of rotatable bonds is 5. The average molecular weight is 497 g/mol. The van der Waals surface area contributed by atoms with Crippen LogP contribution in [0.1, 0.15) is 48.8 Å². The maximum atomic E-state index is 13.2. The fraction of sp³-hybridized carbons (Fsp3) is 0.320. The van der Waals surface area contributed by atoms with Crippen LogP contribution in [-0.2, 0) is 16.2 Å². The number of benzene rings is 2. The summed E-state index contributed by atoms with van der Waals surface area (Å²) in [4.78, 5) is 39.4. The van der Waals surface area contributed by atoms with Crippen molar-refractivity contribution >= 4 is 39.9 Å². The highest BCUT2D eigenvalue weighted by atomic mass is 79.9. The lowest BCUT2D eigenvalue weighted by Gasteiger charge is -2.35. The molecule has 1 heterocycles. The van der Waals surface area contributed by atoms with Gasteiger partial charge in [-0.1, -0.05) is 65.0 Å². The highest BCUT2D eigenvalue weighted by Crippen LogP contribution is 2.30. The van der Waals surface area contributed by atoms with Crippen LogP contribution in [0.4, 0.5) is 4.79 Å². The first-order valence-electron chi connectivity index (χ1n) is 10.8. The molecule has 0 unspecified atom stereocenters. The number of halogens is 1. The summed E-state index contributed by atoms with van der Waals surface area (Å²) in [6.07, 6.45) is 6.08. The number of nitrogens with zero attached hydrogens (tertiary/aromatic N) is 1. The first-order chi connectivity index (χ1) is 15.4. The molecule has 0 bridgehead atoms. The van der Waals surface area contributed by atoms with Gasteiger partial charge in [0.1, 0.15) is 17.9 Å². The molecule has 0 radical (unpaired) electrons. The van der Waals surface area contributed by atoms with Gasteiger partial charge in [0.2, 0.25) is 0 Å². The van der Waals surface area contributed by atoms with E-state index in [1.807, 2.05) is 37.3 Å². The first kappa shape index (κ1) is 22.3. The molecule has 4 amide bonds. The molecular weight excluding hydrogens is 472 g/mol. The average Bonchev–Trinajstić information content (AvgIpc) is 2.77. The van der Waals surface area contributed by atoms with Crippen LogP contribution >= 0.6 is 15.9 Å². The van der Waals surface area contributed by atoms with Gasteiger partial charge < -0.3 is 4.74 Å². The van der Waals surface area contributed by atoms with Gasteiger partial charge in [0.15, 0.2) is 0 Å². The van der Waals surface area contributed by atoms with E-state index in [0.29, 0.717) is 17.9 Å². The third kappa shape index (κ3) is 4.93. The van der Waals surface area contributed by atoms with Crippen molar-refractivity contribution in [3.05, 3.63) is 69.2 Å². The van der Waals surface area contributed by atoms with Gasteiger partial charge in [0.05, 0.1) is 0 Å². The van der Waals surface area contributed by atoms with Gasteiger partial charge in [-0.2, -0.15) is 0 Å². The third-order valence-corrected chi connectivity index (χ3v) is 6.31. The van der Waals surface area contributed by atoms with E-state index >= 15 is 0 Å². The lowest BCUT2D eigenvalue weighted by molar-refractivity contribution is -0.132. The predicted molar refractivity (Wildman–Crippen MR) is 125 cm³/mol. The summed E-state index contributed by atoms with van der Waals surface area (Å²) in [7, 11) is 0. The van der Waals surface area contributed by atoms with Gasteiger partial charge in [-0.15, -0.1) is 0 Å². The molecule has 32 heavy (non-hydrogen) atoms. The molecule has 0 aromatic heterocycles. The number of carbonyl (C=O) groups excluding carboxylic acids is 3. The van der Waals surface area contributed by atoms with Crippen LogP contribution in [-0.4, -0.2) is 28.8 Å². The Labute approximate surface area is 195 Å². The summed E-state index contributed by atoms with van der Waals surface area (Å²) >= 11 is 3.45. The topological polar surface area (TPSA) is 75.7 Å². The molecule has 1 saturated heterocycles. The molecule has 1 N–H and O–H groups in total. The largest absolute Gasteiger partial charge is 0.488 e. The summed E-state index contributed by atoms with van der Waals surface area (Å²) < 4.78 is 6.81. The number of aryl methyl sites for hydroxylation is 1. The molecule has 1 aliphatic carbocycles. The van der Waals surface area contributed by atoms with Crippen LogP contribution in [0.5, 0.6) is 5.75 Å². The Morgan fingerprint density at radius 3 is 2.62 bits per heavy atom. The molecule has 2 aliphatic rings. The molecule has 6 nitrogen and oxygen atoms in total. The summed E-state index contributed by atoms with van der Waals surface area (Å²) in [5.74, 6) is -0.684. The maximum Gasteiger partial charge on any atom is 0.331 e. The van der Waals surface area contributed by atoms with Gasteiger partial charge in [0.25, 0.3) is 11.8 Å². The molecule has 2 fully saturated rings. The highest BCUT2D eigenvalue weighted by Gasteiger charge is 2.40. The standard InChI is InChI=1S/C25H25BrN2O4/c1-16-6-5-7-17(12-16)15-32-22-11-10-19(26)13-18(22)14-21-23(29)27-25(31)28(24(21)30)20-8-3-2-4-9-20/h5-7,10-14,20H,2-4,8-9,15H2,1H3,(H,27,29,31). The summed E-state index contributed by atoms with van der Waals surface area (Å²) in [6.45, 7) is 2.37. The van der Waals surface area contributed by atoms with Gasteiger partial charge in [-0.3, -0.25) is 19.8 Å². The molecular formula is C25H25BrN2O4. The predicted octanol–water partition coefficient (Wildman–Crippen LogP) is 5.13. The molecule has 1 saturated carbocycles. The molecule has 2 aromatic carbocycles. The van der Waals surface area contributed by atoms with Crippen LogP contribution < -0.4 is 10.1 Å². The zero-order valence-corrected chi connectivity index (χ0v) is 19.5. The van der Waals surface area contributed by atoms with E-state index in [2.05, 4.69) is 21.2 Å². The molecule has 2 aromatic rings. The number of amides is 4. The smallest absolute Gasteiger partial charge is 0.331 e. The quantitative estimate of drug-likeness (QED) is 0.459. The van der Waals surface area contributed by atoms with Crippen LogP contribution in [0.3, 0.4) is 0 Å². The number of carbonyl (C=O) groups is 3. The Morgan fingerprint density at radius 2 is 1.88 bits per heavy atom. The molecule has 1 aliphatic heterocycles. The van der Waals surface area contributed by atoms with Crippen LogP contribution in [0, 0.1) is 6.92 Å².